The highest BCUT2D eigenvalue weighted by molar-refractivity contribution is 6.39. The van der Waals surface area contributed by atoms with E-state index in [1.807, 2.05) is 18.3 Å². The average molecular weight is 407 g/mol. The summed E-state index contributed by atoms with van der Waals surface area (Å²) in [5.41, 5.74) is 4.77. The molecule has 6 rings (SSSR count). The van der Waals surface area contributed by atoms with Gasteiger partial charge in [-0.25, -0.2) is 9.97 Å². The summed E-state index contributed by atoms with van der Waals surface area (Å²) in [4.78, 5) is 11.5. The Morgan fingerprint density at radius 1 is 1.28 bits per heavy atom. The van der Waals surface area contributed by atoms with Crippen LogP contribution in [0, 0.1) is 6.92 Å². The number of piperazine rings is 1. The monoisotopic (exact) mass is 406 g/mol. The number of H-pyrrole nitrogens is 1. The number of nitrogens with zero attached hydrogens (tertiary/aromatic N) is 4. The molecule has 4 aromatic rings. The number of halogens is 1. The summed E-state index contributed by atoms with van der Waals surface area (Å²) in [5.74, 6) is 1.69. The zero-order chi connectivity index (χ0) is 19.5. The van der Waals surface area contributed by atoms with Gasteiger partial charge in [-0.2, -0.15) is 5.10 Å². The number of hydrogen-bond donors (Lipinski definition) is 2. The Balaban J connectivity index is 1.66. The molecule has 29 heavy (non-hydrogen) atoms. The van der Waals surface area contributed by atoms with Gasteiger partial charge in [0, 0.05) is 30.6 Å². The number of benzene rings is 2. The third-order valence-corrected chi connectivity index (χ3v) is 6.33. The van der Waals surface area contributed by atoms with E-state index >= 15 is 0 Å². The van der Waals surface area contributed by atoms with Crippen molar-refractivity contribution in [1.82, 2.24) is 25.5 Å². The van der Waals surface area contributed by atoms with E-state index in [-0.39, 0.29) is 6.04 Å². The molecule has 146 valence electrons. The molecule has 1 fully saturated rings. The molecule has 2 aliphatic rings. The second kappa shape index (κ2) is 6.30. The van der Waals surface area contributed by atoms with Crippen LogP contribution in [0.15, 0.2) is 30.7 Å². The zero-order valence-electron chi connectivity index (χ0n) is 15.9. The maximum absolute atomic E-state index is 6.96. The molecule has 2 aromatic heterocycles. The van der Waals surface area contributed by atoms with Crippen molar-refractivity contribution < 1.29 is 4.74 Å². The smallest absolute Gasteiger partial charge is 0.144 e. The van der Waals surface area contributed by atoms with Crippen LogP contribution in [0.1, 0.15) is 5.56 Å². The summed E-state index contributed by atoms with van der Waals surface area (Å²) >= 11 is 6.96. The lowest BCUT2D eigenvalue weighted by Gasteiger charge is -2.35. The van der Waals surface area contributed by atoms with E-state index < -0.39 is 0 Å². The standard InChI is InChI=1S/C21H19ClN6O/c1-11-2-3-15-14(8-26-27-15)17(11)13-6-16-18-20(19(13)22)24-10-25-21(18)28-5-4-23-7-12(28)9-29-16/h2-3,6,8,10,12,23H,4-5,7,9H2,1H3,(H,26,27)/t12-/m0/s1. The fraction of sp³-hybridized carbons (Fsp3) is 0.286. The van der Waals surface area contributed by atoms with Crippen LogP contribution in [0.3, 0.4) is 0 Å². The Morgan fingerprint density at radius 3 is 3.14 bits per heavy atom. The number of fused-ring (bicyclic) bond motifs is 3. The number of aryl methyl sites for hydroxylation is 1. The molecule has 0 aliphatic carbocycles. The minimum absolute atomic E-state index is 0.232. The molecule has 2 aliphatic heterocycles. The topological polar surface area (TPSA) is 79.0 Å². The van der Waals surface area contributed by atoms with E-state index in [4.69, 9.17) is 16.3 Å². The molecule has 1 saturated heterocycles. The third-order valence-electron chi connectivity index (χ3n) is 5.95. The second-order valence-electron chi connectivity index (χ2n) is 7.61. The highest BCUT2D eigenvalue weighted by Gasteiger charge is 2.31. The summed E-state index contributed by atoms with van der Waals surface area (Å²) in [7, 11) is 0. The van der Waals surface area contributed by atoms with Crippen LogP contribution >= 0.6 is 11.6 Å². The lowest BCUT2D eigenvalue weighted by molar-refractivity contribution is 0.274. The summed E-state index contributed by atoms with van der Waals surface area (Å²) in [5, 5.41) is 13.2. The second-order valence-corrected chi connectivity index (χ2v) is 7.99. The van der Waals surface area contributed by atoms with E-state index in [9.17, 15) is 0 Å². The van der Waals surface area contributed by atoms with Gasteiger partial charge in [0.2, 0.25) is 0 Å². The zero-order valence-corrected chi connectivity index (χ0v) is 16.6. The average Bonchev–Trinajstić information content (AvgIpc) is 3.16. The Bertz CT molecular complexity index is 1270. The molecule has 0 radical (unpaired) electrons. The predicted octanol–water partition coefficient (Wildman–Crippen LogP) is 3.31. The van der Waals surface area contributed by atoms with Gasteiger partial charge in [0.15, 0.2) is 0 Å². The summed E-state index contributed by atoms with van der Waals surface area (Å²) in [6, 6.07) is 6.38. The first-order valence-corrected chi connectivity index (χ1v) is 10.1. The fourth-order valence-electron chi connectivity index (χ4n) is 4.54. The third kappa shape index (κ3) is 2.44. The molecule has 0 saturated carbocycles. The summed E-state index contributed by atoms with van der Waals surface area (Å²) in [6.07, 6.45) is 3.45. The first-order valence-electron chi connectivity index (χ1n) is 9.73. The SMILES string of the molecule is Cc1ccc2[nH]ncc2c1-c1cc2c3c(ncnc3c1Cl)N1CCNC[C@H]1CO2. The number of aromatic amines is 1. The van der Waals surface area contributed by atoms with E-state index in [0.717, 1.165) is 69.7 Å². The number of ether oxygens (including phenoxy) is 1. The molecular formula is C21H19ClN6O. The number of hydrogen-bond acceptors (Lipinski definition) is 6. The van der Waals surface area contributed by atoms with Gasteiger partial charge in [0.1, 0.15) is 24.5 Å². The van der Waals surface area contributed by atoms with Crippen LogP contribution in [0.4, 0.5) is 5.82 Å². The van der Waals surface area contributed by atoms with Crippen molar-refractivity contribution in [2.45, 2.75) is 13.0 Å². The summed E-state index contributed by atoms with van der Waals surface area (Å²) in [6.45, 7) is 5.34. The number of rotatable bonds is 1. The molecule has 0 bridgehead atoms. The first-order chi connectivity index (χ1) is 14.2. The van der Waals surface area contributed by atoms with Gasteiger partial charge >= 0.3 is 0 Å². The molecule has 7 nitrogen and oxygen atoms in total. The van der Waals surface area contributed by atoms with Crippen molar-refractivity contribution in [2.24, 2.45) is 0 Å². The first kappa shape index (κ1) is 17.0. The highest BCUT2D eigenvalue weighted by atomic mass is 35.5. The van der Waals surface area contributed by atoms with E-state index in [1.165, 1.54) is 0 Å². The quantitative estimate of drug-likeness (QED) is 0.505. The lowest BCUT2D eigenvalue weighted by atomic mass is 9.95. The van der Waals surface area contributed by atoms with Crippen molar-refractivity contribution in [3.8, 4) is 16.9 Å². The molecule has 8 heteroatoms. The maximum Gasteiger partial charge on any atom is 0.144 e. The number of aromatic nitrogens is 4. The van der Waals surface area contributed by atoms with Gasteiger partial charge in [-0.15, -0.1) is 0 Å². The largest absolute Gasteiger partial charge is 0.491 e. The van der Waals surface area contributed by atoms with Crippen molar-refractivity contribution in [2.75, 3.05) is 31.1 Å². The van der Waals surface area contributed by atoms with Crippen LogP contribution < -0.4 is 15.0 Å². The van der Waals surface area contributed by atoms with Gasteiger partial charge < -0.3 is 15.0 Å². The van der Waals surface area contributed by atoms with Crippen molar-refractivity contribution >= 4 is 39.2 Å². The molecule has 4 heterocycles. The van der Waals surface area contributed by atoms with Gasteiger partial charge in [-0.05, 0) is 30.2 Å². The lowest BCUT2D eigenvalue weighted by Crippen LogP contribution is -2.53. The minimum Gasteiger partial charge on any atom is -0.491 e. The Kier molecular flexibility index (Phi) is 3.69. The predicted molar refractivity (Wildman–Crippen MR) is 114 cm³/mol. The van der Waals surface area contributed by atoms with Crippen LogP contribution in [-0.4, -0.2) is 52.4 Å². The van der Waals surface area contributed by atoms with Crippen molar-refractivity contribution in [1.29, 1.82) is 0 Å². The molecule has 0 spiro atoms. The molecule has 0 unspecified atom stereocenters. The Labute approximate surface area is 172 Å². The number of nitrogens with one attached hydrogen (secondary N) is 2. The normalized spacial score (nSPS) is 18.6. The molecule has 2 aromatic carbocycles. The van der Waals surface area contributed by atoms with E-state index in [1.54, 1.807) is 6.33 Å². The van der Waals surface area contributed by atoms with Crippen LogP contribution in [0.5, 0.6) is 5.75 Å². The van der Waals surface area contributed by atoms with Crippen LogP contribution in [-0.2, 0) is 0 Å². The Morgan fingerprint density at radius 2 is 2.21 bits per heavy atom. The van der Waals surface area contributed by atoms with Crippen LogP contribution in [0.2, 0.25) is 5.02 Å². The fourth-order valence-corrected chi connectivity index (χ4v) is 4.83. The molecule has 2 N–H and O–H groups in total. The van der Waals surface area contributed by atoms with Gasteiger partial charge in [-0.1, -0.05) is 17.7 Å². The maximum atomic E-state index is 6.96. The van der Waals surface area contributed by atoms with Gasteiger partial charge in [0.05, 0.1) is 33.7 Å². The minimum atomic E-state index is 0.232. The van der Waals surface area contributed by atoms with Crippen LogP contribution in [0.25, 0.3) is 32.9 Å². The number of anilines is 1. The van der Waals surface area contributed by atoms with E-state index in [0.29, 0.717) is 11.6 Å². The molecule has 1 atom stereocenters. The van der Waals surface area contributed by atoms with Gasteiger partial charge in [0.25, 0.3) is 0 Å². The highest BCUT2D eigenvalue weighted by Crippen LogP contribution is 2.45. The van der Waals surface area contributed by atoms with Crippen molar-refractivity contribution in [3.05, 3.63) is 41.3 Å². The Hall–Kier alpha value is -2.90. The molecule has 0 amide bonds. The van der Waals surface area contributed by atoms with E-state index in [2.05, 4.69) is 43.4 Å². The molecular weight excluding hydrogens is 388 g/mol. The van der Waals surface area contributed by atoms with Crippen molar-refractivity contribution in [3.63, 3.8) is 0 Å². The van der Waals surface area contributed by atoms with Gasteiger partial charge in [-0.3, -0.25) is 5.10 Å². The summed E-state index contributed by atoms with van der Waals surface area (Å²) < 4.78 is 6.30.